The lowest BCUT2D eigenvalue weighted by Crippen LogP contribution is -2.66. The van der Waals surface area contributed by atoms with Gasteiger partial charge in [-0.1, -0.05) is 13.8 Å². The van der Waals surface area contributed by atoms with Crippen molar-refractivity contribution in [3.05, 3.63) is 0 Å². The fourth-order valence-electron chi connectivity index (χ4n) is 10.0. The molecule has 0 radical (unpaired) electrons. The first-order valence-electron chi connectivity index (χ1n) is 14.7. The minimum Gasteiger partial charge on any atom is -0.481 e. The van der Waals surface area contributed by atoms with E-state index in [2.05, 4.69) is 13.8 Å². The second-order valence-corrected chi connectivity index (χ2v) is 14.2. The second kappa shape index (κ2) is 8.61. The van der Waals surface area contributed by atoms with Crippen molar-refractivity contribution in [1.29, 1.82) is 0 Å². The Kier molecular flexibility index (Phi) is 6.16. The van der Waals surface area contributed by atoms with Gasteiger partial charge in [0.15, 0.2) is 12.1 Å². The number of hydrogen-bond acceptors (Lipinski definition) is 7. The lowest BCUT2D eigenvalue weighted by Gasteiger charge is -2.64. The van der Waals surface area contributed by atoms with Crippen molar-refractivity contribution in [2.24, 2.45) is 40.2 Å². The Bertz CT molecular complexity index is 928. The van der Waals surface area contributed by atoms with Crippen molar-refractivity contribution in [2.75, 3.05) is 0 Å². The molecule has 0 bridgehead atoms. The molecule has 4 saturated carbocycles. The lowest BCUT2D eigenvalue weighted by atomic mass is 9.42. The molecule has 6 aliphatic rings. The van der Waals surface area contributed by atoms with E-state index in [1.165, 1.54) is 0 Å². The number of aliphatic hydroxyl groups is 1. The van der Waals surface area contributed by atoms with E-state index in [0.717, 1.165) is 51.4 Å². The summed E-state index contributed by atoms with van der Waals surface area (Å²) in [6.45, 7) is 10.2. The molecule has 0 amide bonds. The summed E-state index contributed by atoms with van der Waals surface area (Å²) >= 11 is 0. The van der Waals surface area contributed by atoms with Gasteiger partial charge in [0.2, 0.25) is 0 Å². The van der Waals surface area contributed by atoms with Crippen molar-refractivity contribution in [3.8, 4) is 0 Å². The zero-order chi connectivity index (χ0) is 26.5. The van der Waals surface area contributed by atoms with Crippen LogP contribution in [-0.4, -0.2) is 64.3 Å². The summed E-state index contributed by atoms with van der Waals surface area (Å²) in [6.07, 6.45) is 6.27. The number of carbonyl (C=O) groups is 1. The van der Waals surface area contributed by atoms with E-state index in [4.69, 9.17) is 24.7 Å². The Morgan fingerprint density at radius 2 is 1.68 bits per heavy atom. The third kappa shape index (κ3) is 3.80. The molecule has 13 atom stereocenters. The number of carboxylic acids is 1. The summed E-state index contributed by atoms with van der Waals surface area (Å²) in [5, 5.41) is 20.6. The van der Waals surface area contributed by atoms with Gasteiger partial charge >= 0.3 is 5.97 Å². The summed E-state index contributed by atoms with van der Waals surface area (Å²) in [6, 6.07) is 0. The minimum atomic E-state index is -0.775. The zero-order valence-corrected chi connectivity index (χ0v) is 23.2. The number of aliphatic carboxylic acids is 1. The standard InChI is InChI=1S/C29H47NO7/c1-15-21(31)22-23(37-26(2,3)36-22)25(34-15)35-17-8-11-27(4)16(14-17)6-7-19-18(27)9-12-28(5)20(24(32)33)10-13-29(19,28)30/h15-23,25,31H,6-14,30H2,1-5H3,(H,32,33)/t15-,16+,17-,18-,19+,20+,21-,22+,23+,25-,27-,28+,29-/m0/s1. The number of fused-ring (bicyclic) bond motifs is 6. The van der Waals surface area contributed by atoms with Crippen LogP contribution >= 0.6 is 0 Å². The number of nitrogens with two attached hydrogens (primary N) is 1. The summed E-state index contributed by atoms with van der Waals surface area (Å²) in [4.78, 5) is 12.1. The van der Waals surface area contributed by atoms with E-state index in [1.807, 2.05) is 20.8 Å². The Morgan fingerprint density at radius 1 is 0.946 bits per heavy atom. The van der Waals surface area contributed by atoms with Crippen molar-refractivity contribution in [2.45, 2.75) is 141 Å². The van der Waals surface area contributed by atoms with E-state index in [0.29, 0.717) is 24.2 Å². The van der Waals surface area contributed by atoms with Gasteiger partial charge in [0, 0.05) is 5.54 Å². The van der Waals surface area contributed by atoms with Crippen molar-refractivity contribution in [1.82, 2.24) is 0 Å². The highest BCUT2D eigenvalue weighted by molar-refractivity contribution is 5.72. The molecule has 0 spiro atoms. The van der Waals surface area contributed by atoms with Crippen LogP contribution in [0.3, 0.4) is 0 Å². The van der Waals surface area contributed by atoms with Crippen LogP contribution in [-0.2, 0) is 23.7 Å². The molecule has 37 heavy (non-hydrogen) atoms. The smallest absolute Gasteiger partial charge is 0.307 e. The van der Waals surface area contributed by atoms with E-state index in [9.17, 15) is 15.0 Å². The van der Waals surface area contributed by atoms with Crippen LogP contribution in [0.1, 0.15) is 92.4 Å². The maximum absolute atomic E-state index is 12.1. The molecule has 6 rings (SSSR count). The van der Waals surface area contributed by atoms with Gasteiger partial charge in [-0.05, 0) is 107 Å². The highest BCUT2D eigenvalue weighted by atomic mass is 16.8. The maximum Gasteiger partial charge on any atom is 0.307 e. The van der Waals surface area contributed by atoms with Crippen LogP contribution < -0.4 is 5.73 Å². The van der Waals surface area contributed by atoms with E-state index in [1.54, 1.807) is 0 Å². The molecule has 0 aromatic rings. The Labute approximate surface area is 220 Å². The van der Waals surface area contributed by atoms with Gasteiger partial charge in [-0.25, -0.2) is 0 Å². The number of rotatable bonds is 3. The van der Waals surface area contributed by atoms with Crippen LogP contribution in [0, 0.1) is 34.5 Å². The molecule has 0 unspecified atom stereocenters. The van der Waals surface area contributed by atoms with Gasteiger partial charge < -0.3 is 34.9 Å². The molecule has 2 saturated heterocycles. The third-order valence-corrected chi connectivity index (χ3v) is 12.2. The van der Waals surface area contributed by atoms with Crippen LogP contribution in [0.4, 0.5) is 0 Å². The van der Waals surface area contributed by atoms with Gasteiger partial charge in [0.25, 0.3) is 0 Å². The maximum atomic E-state index is 12.1. The van der Waals surface area contributed by atoms with E-state index in [-0.39, 0.29) is 34.5 Å². The van der Waals surface area contributed by atoms with Crippen LogP contribution in [0.25, 0.3) is 0 Å². The quantitative estimate of drug-likeness (QED) is 0.480. The number of hydrogen-bond donors (Lipinski definition) is 3. The Balaban J connectivity index is 1.16. The topological polar surface area (TPSA) is 120 Å². The number of aliphatic hydroxyl groups excluding tert-OH is 1. The first-order valence-corrected chi connectivity index (χ1v) is 14.7. The van der Waals surface area contributed by atoms with Crippen molar-refractivity contribution in [3.63, 3.8) is 0 Å². The normalized spacial score (nSPS) is 56.6. The fraction of sp³-hybridized carbons (Fsp3) is 0.966. The van der Waals surface area contributed by atoms with Crippen LogP contribution in [0.5, 0.6) is 0 Å². The summed E-state index contributed by atoms with van der Waals surface area (Å²) in [5.41, 5.74) is 6.77. The van der Waals surface area contributed by atoms with E-state index < -0.39 is 36.4 Å². The molecule has 4 N–H and O–H groups in total. The molecule has 0 aromatic carbocycles. The molecular formula is C29H47NO7. The van der Waals surface area contributed by atoms with Gasteiger partial charge in [0.05, 0.1) is 18.1 Å². The first kappa shape index (κ1) is 26.5. The van der Waals surface area contributed by atoms with Gasteiger partial charge in [-0.2, -0.15) is 0 Å². The highest BCUT2D eigenvalue weighted by Crippen LogP contribution is 2.68. The largest absolute Gasteiger partial charge is 0.481 e. The molecule has 2 aliphatic heterocycles. The van der Waals surface area contributed by atoms with Crippen molar-refractivity contribution < 1.29 is 34.0 Å². The Morgan fingerprint density at radius 3 is 2.41 bits per heavy atom. The fourth-order valence-corrected chi connectivity index (χ4v) is 10.0. The molecule has 4 aliphatic carbocycles. The van der Waals surface area contributed by atoms with Crippen molar-refractivity contribution >= 4 is 5.97 Å². The molecule has 6 fully saturated rings. The second-order valence-electron chi connectivity index (χ2n) is 14.2. The molecular weight excluding hydrogens is 474 g/mol. The highest BCUT2D eigenvalue weighted by Gasteiger charge is 2.67. The monoisotopic (exact) mass is 521 g/mol. The predicted octanol–water partition coefficient (Wildman–Crippen LogP) is 3.82. The van der Waals surface area contributed by atoms with Crippen LogP contribution in [0.2, 0.25) is 0 Å². The molecule has 0 aromatic heterocycles. The van der Waals surface area contributed by atoms with E-state index >= 15 is 0 Å². The molecule has 8 nitrogen and oxygen atoms in total. The minimum absolute atomic E-state index is 0.0820. The molecule has 2 heterocycles. The number of carboxylic acid groups (broad SMARTS) is 1. The summed E-state index contributed by atoms with van der Waals surface area (Å²) in [5.74, 6) is -0.277. The lowest BCUT2D eigenvalue weighted by molar-refractivity contribution is -0.291. The number of ether oxygens (including phenoxy) is 4. The molecule has 8 heteroatoms. The average molecular weight is 522 g/mol. The zero-order valence-electron chi connectivity index (χ0n) is 23.2. The third-order valence-electron chi connectivity index (χ3n) is 12.2. The van der Waals surface area contributed by atoms with Gasteiger partial charge in [0.1, 0.15) is 18.3 Å². The summed E-state index contributed by atoms with van der Waals surface area (Å²) < 4.78 is 24.9. The predicted molar refractivity (Wildman–Crippen MR) is 135 cm³/mol. The Hall–Kier alpha value is -0.770. The SMILES string of the molecule is C[C@@H]1O[C@@H](O[C@H]2CC[C@@]3(C)[C@H](CC[C@@H]4[C@@H]3CC[C@]3(C)[C@@H](C(=O)O)CC[C@]43N)C2)[C@@H]2OC(C)(C)O[C@@H]2[C@H]1O. The molecule has 210 valence electrons. The van der Waals surface area contributed by atoms with Crippen LogP contribution in [0.15, 0.2) is 0 Å². The van der Waals surface area contributed by atoms with Gasteiger partial charge in [-0.3, -0.25) is 4.79 Å². The average Bonchev–Trinajstić information content (AvgIpc) is 3.30. The van der Waals surface area contributed by atoms with Gasteiger partial charge in [-0.15, -0.1) is 0 Å². The summed E-state index contributed by atoms with van der Waals surface area (Å²) in [7, 11) is 0. The first-order chi connectivity index (χ1) is 17.3.